The summed E-state index contributed by atoms with van der Waals surface area (Å²) in [5.41, 5.74) is 6.43. The molecule has 100 valence electrons. The van der Waals surface area contributed by atoms with Gasteiger partial charge in [0.25, 0.3) is 0 Å². The zero-order valence-corrected chi connectivity index (χ0v) is 10.8. The molecule has 0 bridgehead atoms. The summed E-state index contributed by atoms with van der Waals surface area (Å²) in [5.74, 6) is 1.04. The van der Waals surface area contributed by atoms with E-state index in [1.54, 1.807) is 6.26 Å². The highest BCUT2D eigenvalue weighted by Crippen LogP contribution is 2.31. The predicted octanol–water partition coefficient (Wildman–Crippen LogP) is 1.75. The topological polar surface area (TPSA) is 51.6 Å². The van der Waals surface area contributed by atoms with Crippen molar-refractivity contribution in [3.8, 4) is 0 Å². The molecule has 18 heavy (non-hydrogen) atoms. The van der Waals surface area contributed by atoms with Crippen molar-refractivity contribution in [2.45, 2.75) is 43.8 Å². The van der Waals surface area contributed by atoms with Gasteiger partial charge in [0, 0.05) is 31.3 Å². The molecule has 1 aromatic rings. The fraction of sp³-hybridized carbons (Fsp3) is 0.714. The minimum atomic E-state index is -0.0760. The smallest absolute Gasteiger partial charge is 0.117 e. The van der Waals surface area contributed by atoms with Crippen LogP contribution in [-0.4, -0.2) is 36.2 Å². The number of furan rings is 1. The summed E-state index contributed by atoms with van der Waals surface area (Å²) in [6.07, 6.45) is 6.27. The van der Waals surface area contributed by atoms with Crippen molar-refractivity contribution >= 4 is 0 Å². The van der Waals surface area contributed by atoms with E-state index in [0.29, 0.717) is 6.04 Å². The number of nitrogens with two attached hydrogens (primary N) is 1. The van der Waals surface area contributed by atoms with Crippen molar-refractivity contribution in [2.24, 2.45) is 5.73 Å². The molecule has 0 unspecified atom stereocenters. The molecule has 4 nitrogen and oxygen atoms in total. The molecule has 1 aliphatic carbocycles. The summed E-state index contributed by atoms with van der Waals surface area (Å²) in [5, 5.41) is 0. The molecular formula is C14H22N2O2. The van der Waals surface area contributed by atoms with Crippen LogP contribution in [0.5, 0.6) is 0 Å². The Morgan fingerprint density at radius 3 is 2.72 bits per heavy atom. The van der Waals surface area contributed by atoms with Gasteiger partial charge in [0.2, 0.25) is 0 Å². The fourth-order valence-electron chi connectivity index (χ4n) is 2.70. The summed E-state index contributed by atoms with van der Waals surface area (Å²) in [7, 11) is 0. The van der Waals surface area contributed by atoms with Gasteiger partial charge < -0.3 is 14.9 Å². The number of hydrogen-bond donors (Lipinski definition) is 1. The molecular weight excluding hydrogens is 228 g/mol. The first-order chi connectivity index (χ1) is 8.75. The first kappa shape index (κ1) is 12.2. The Balaban J connectivity index is 1.62. The van der Waals surface area contributed by atoms with Gasteiger partial charge in [-0.05, 0) is 37.8 Å². The van der Waals surface area contributed by atoms with E-state index in [9.17, 15) is 0 Å². The van der Waals surface area contributed by atoms with Crippen LogP contribution in [0.1, 0.15) is 31.4 Å². The zero-order chi connectivity index (χ0) is 12.4. The second-order valence-corrected chi connectivity index (χ2v) is 5.69. The monoisotopic (exact) mass is 250 g/mol. The van der Waals surface area contributed by atoms with Crippen LogP contribution < -0.4 is 5.73 Å². The minimum absolute atomic E-state index is 0.0760. The highest BCUT2D eigenvalue weighted by molar-refractivity contribution is 5.01. The van der Waals surface area contributed by atoms with Crippen molar-refractivity contribution < 1.29 is 9.15 Å². The molecule has 0 radical (unpaired) electrons. The molecule has 2 fully saturated rings. The second kappa shape index (κ2) is 5.03. The summed E-state index contributed by atoms with van der Waals surface area (Å²) in [4.78, 5) is 2.49. The lowest BCUT2D eigenvalue weighted by molar-refractivity contribution is 0.0340. The van der Waals surface area contributed by atoms with Crippen molar-refractivity contribution in [1.82, 2.24) is 4.90 Å². The van der Waals surface area contributed by atoms with E-state index >= 15 is 0 Å². The van der Waals surface area contributed by atoms with Crippen LogP contribution in [0.3, 0.4) is 0 Å². The molecule has 2 heterocycles. The highest BCUT2D eigenvalue weighted by atomic mass is 16.5. The Morgan fingerprint density at radius 2 is 2.11 bits per heavy atom. The van der Waals surface area contributed by atoms with Crippen LogP contribution in [0.2, 0.25) is 0 Å². The number of nitrogens with zero attached hydrogens (tertiary/aromatic N) is 1. The molecule has 0 amide bonds. The summed E-state index contributed by atoms with van der Waals surface area (Å²) in [6.45, 7) is 3.45. The summed E-state index contributed by atoms with van der Waals surface area (Å²) >= 11 is 0. The fourth-order valence-corrected chi connectivity index (χ4v) is 2.70. The Kier molecular flexibility index (Phi) is 3.41. The van der Waals surface area contributed by atoms with Crippen LogP contribution in [0.15, 0.2) is 22.8 Å². The maximum absolute atomic E-state index is 6.50. The summed E-state index contributed by atoms with van der Waals surface area (Å²) < 4.78 is 10.9. The Hall–Kier alpha value is -0.840. The van der Waals surface area contributed by atoms with Crippen molar-refractivity contribution in [1.29, 1.82) is 0 Å². The first-order valence-electron chi connectivity index (χ1n) is 6.88. The van der Waals surface area contributed by atoms with Crippen molar-refractivity contribution in [3.05, 3.63) is 24.2 Å². The lowest BCUT2D eigenvalue weighted by Crippen LogP contribution is -2.53. The summed E-state index contributed by atoms with van der Waals surface area (Å²) in [6, 6.07) is 4.70. The molecule has 1 saturated heterocycles. The number of ether oxygens (including phenoxy) is 1. The lowest BCUT2D eigenvalue weighted by atomic mass is 9.90. The molecule has 0 aromatic carbocycles. The van der Waals surface area contributed by atoms with Gasteiger partial charge in [-0.1, -0.05) is 0 Å². The van der Waals surface area contributed by atoms with Crippen LogP contribution >= 0.6 is 0 Å². The van der Waals surface area contributed by atoms with Gasteiger partial charge in [0.15, 0.2) is 0 Å². The largest absolute Gasteiger partial charge is 0.468 e. The molecule has 3 rings (SSSR count). The average Bonchev–Trinajstić information content (AvgIpc) is 3.09. The van der Waals surface area contributed by atoms with Gasteiger partial charge in [0.1, 0.15) is 5.76 Å². The Labute approximate surface area is 108 Å². The van der Waals surface area contributed by atoms with Crippen LogP contribution in [-0.2, 0) is 11.3 Å². The van der Waals surface area contributed by atoms with E-state index in [1.807, 2.05) is 12.1 Å². The van der Waals surface area contributed by atoms with Gasteiger partial charge in [0.05, 0.1) is 12.8 Å². The standard InChI is InChI=1S/C14H22N2O2/c15-14(5-8-17-9-6-14)11-16(12-3-4-12)10-13-2-1-7-18-13/h1-2,7,12H,3-6,8-11,15H2. The Morgan fingerprint density at radius 1 is 1.33 bits per heavy atom. The third-order valence-corrected chi connectivity index (χ3v) is 4.01. The van der Waals surface area contributed by atoms with Gasteiger partial charge in [-0.3, -0.25) is 4.90 Å². The van der Waals surface area contributed by atoms with Gasteiger partial charge in [-0.15, -0.1) is 0 Å². The third kappa shape index (κ3) is 2.94. The van der Waals surface area contributed by atoms with E-state index in [1.165, 1.54) is 12.8 Å². The number of hydrogen-bond acceptors (Lipinski definition) is 4. The van der Waals surface area contributed by atoms with Crippen LogP contribution in [0.25, 0.3) is 0 Å². The van der Waals surface area contributed by atoms with Crippen LogP contribution in [0.4, 0.5) is 0 Å². The maximum Gasteiger partial charge on any atom is 0.117 e. The second-order valence-electron chi connectivity index (χ2n) is 5.69. The SMILES string of the molecule is NC1(CN(Cc2ccco2)C2CC2)CCOCC1. The zero-order valence-electron chi connectivity index (χ0n) is 10.8. The molecule has 2 aliphatic rings. The van der Waals surface area contributed by atoms with E-state index in [4.69, 9.17) is 14.9 Å². The van der Waals surface area contributed by atoms with E-state index in [-0.39, 0.29) is 5.54 Å². The van der Waals surface area contributed by atoms with Gasteiger partial charge in [-0.2, -0.15) is 0 Å². The first-order valence-corrected chi connectivity index (χ1v) is 6.88. The van der Waals surface area contributed by atoms with Crippen molar-refractivity contribution in [3.63, 3.8) is 0 Å². The molecule has 1 aliphatic heterocycles. The molecule has 4 heteroatoms. The molecule has 0 spiro atoms. The molecule has 1 aromatic heterocycles. The normalized spacial score (nSPS) is 23.4. The van der Waals surface area contributed by atoms with E-state index in [0.717, 1.165) is 44.9 Å². The lowest BCUT2D eigenvalue weighted by Gasteiger charge is -2.38. The average molecular weight is 250 g/mol. The molecule has 2 N–H and O–H groups in total. The van der Waals surface area contributed by atoms with E-state index < -0.39 is 0 Å². The number of rotatable bonds is 5. The Bertz CT molecular complexity index is 367. The minimum Gasteiger partial charge on any atom is -0.468 e. The molecule has 1 saturated carbocycles. The maximum atomic E-state index is 6.50. The third-order valence-electron chi connectivity index (χ3n) is 4.01. The predicted molar refractivity (Wildman–Crippen MR) is 69.1 cm³/mol. The van der Waals surface area contributed by atoms with E-state index in [2.05, 4.69) is 4.90 Å². The quantitative estimate of drug-likeness (QED) is 0.865. The van der Waals surface area contributed by atoms with Crippen molar-refractivity contribution in [2.75, 3.05) is 19.8 Å². The van der Waals surface area contributed by atoms with Gasteiger partial charge in [-0.25, -0.2) is 0 Å². The van der Waals surface area contributed by atoms with Gasteiger partial charge >= 0.3 is 0 Å². The highest BCUT2D eigenvalue weighted by Gasteiger charge is 2.36. The van der Waals surface area contributed by atoms with Crippen LogP contribution in [0, 0.1) is 0 Å². The molecule has 0 atom stereocenters.